The Morgan fingerprint density at radius 2 is 2.12 bits per heavy atom. The summed E-state index contributed by atoms with van der Waals surface area (Å²) in [6.45, 7) is 4.16. The van der Waals surface area contributed by atoms with Gasteiger partial charge in [0, 0.05) is 24.4 Å². The maximum Gasteiger partial charge on any atom is 0.242 e. The number of carbonyl (C=O) groups excluding carboxylic acids is 1. The number of carbonyl (C=O) groups is 1. The molecule has 0 radical (unpaired) electrons. The molecule has 3 rings (SSSR count). The molecule has 130 valence electrons. The second-order valence-electron chi connectivity index (χ2n) is 5.38. The summed E-state index contributed by atoms with van der Waals surface area (Å²) in [6, 6.07) is 5.77. The van der Waals surface area contributed by atoms with Crippen molar-refractivity contribution in [2.45, 2.75) is 26.8 Å². The zero-order valence-corrected chi connectivity index (χ0v) is 15.4. The number of aromatic nitrogens is 5. The fraction of sp³-hybridized carbons (Fsp3) is 0.267. The van der Waals surface area contributed by atoms with E-state index < -0.39 is 0 Å². The molecule has 0 aliphatic rings. The minimum Gasteiger partial charge on any atom is -0.299 e. The van der Waals surface area contributed by atoms with Crippen molar-refractivity contribution in [3.05, 3.63) is 39.7 Å². The van der Waals surface area contributed by atoms with E-state index in [1.807, 2.05) is 42.0 Å². The summed E-state index contributed by atoms with van der Waals surface area (Å²) >= 11 is 6.82. The number of aryl methyl sites for hydroxylation is 2. The number of nitrogens with one attached hydrogen (secondary N) is 3. The van der Waals surface area contributed by atoms with E-state index in [2.05, 4.69) is 31.0 Å². The maximum absolute atomic E-state index is 12.1. The van der Waals surface area contributed by atoms with Crippen molar-refractivity contribution < 1.29 is 4.79 Å². The molecule has 0 atom stereocenters. The van der Waals surface area contributed by atoms with E-state index in [-0.39, 0.29) is 12.3 Å². The molecule has 0 saturated carbocycles. The third kappa shape index (κ3) is 4.28. The summed E-state index contributed by atoms with van der Waals surface area (Å²) in [5.41, 5.74) is 6.99. The molecule has 0 bridgehead atoms. The first-order chi connectivity index (χ1) is 12.0. The molecule has 3 heterocycles. The zero-order valence-electron chi connectivity index (χ0n) is 13.7. The average molecular weight is 375 g/mol. The summed E-state index contributed by atoms with van der Waals surface area (Å²) in [7, 11) is 0. The van der Waals surface area contributed by atoms with Gasteiger partial charge in [-0.1, -0.05) is 6.07 Å². The second-order valence-corrected chi connectivity index (χ2v) is 6.71. The van der Waals surface area contributed by atoms with Crippen LogP contribution in [0.25, 0.3) is 10.7 Å². The molecule has 25 heavy (non-hydrogen) atoms. The lowest BCUT2D eigenvalue weighted by Gasteiger charge is -2.09. The highest BCUT2D eigenvalue weighted by Gasteiger charge is 2.11. The molecule has 10 heteroatoms. The van der Waals surface area contributed by atoms with Crippen LogP contribution in [0.15, 0.2) is 23.6 Å². The predicted molar refractivity (Wildman–Crippen MR) is 98.6 cm³/mol. The Kier molecular flexibility index (Phi) is 5.19. The molecular formula is C15H17N7OS2. The SMILES string of the molecule is Cc1cc(C)nc(NNC(=O)CCn2c(-c3cccs3)n[nH]c2=S)n1. The standard InChI is InChI=1S/C15H17N7OS2/c1-9-8-10(2)17-14(16-9)20-18-12(23)5-6-22-13(19-21-15(22)24)11-4-3-7-25-11/h3-4,7-8H,5-6H2,1-2H3,(H,18,23)(H,21,24)(H,16,17,20). The van der Waals surface area contributed by atoms with Crippen molar-refractivity contribution in [3.8, 4) is 10.7 Å². The van der Waals surface area contributed by atoms with Gasteiger partial charge in [-0.05, 0) is 43.6 Å². The largest absolute Gasteiger partial charge is 0.299 e. The number of hydrogen-bond donors (Lipinski definition) is 3. The summed E-state index contributed by atoms with van der Waals surface area (Å²) in [5.74, 6) is 0.909. The van der Waals surface area contributed by atoms with Gasteiger partial charge >= 0.3 is 0 Å². The van der Waals surface area contributed by atoms with Gasteiger partial charge in [-0.2, -0.15) is 5.10 Å². The van der Waals surface area contributed by atoms with Gasteiger partial charge in [-0.15, -0.1) is 11.3 Å². The average Bonchev–Trinajstić information content (AvgIpc) is 3.19. The monoisotopic (exact) mass is 375 g/mol. The Morgan fingerprint density at radius 3 is 2.80 bits per heavy atom. The molecule has 3 aromatic heterocycles. The van der Waals surface area contributed by atoms with Crippen LogP contribution in [-0.4, -0.2) is 30.6 Å². The molecule has 0 aromatic carbocycles. The number of hydrogen-bond acceptors (Lipinski definition) is 7. The van der Waals surface area contributed by atoms with Gasteiger partial charge in [0.25, 0.3) is 0 Å². The van der Waals surface area contributed by atoms with Crippen molar-refractivity contribution >= 4 is 35.4 Å². The van der Waals surface area contributed by atoms with Crippen molar-refractivity contribution in [1.29, 1.82) is 0 Å². The number of amides is 1. The highest BCUT2D eigenvalue weighted by atomic mass is 32.1. The number of hydrazine groups is 1. The Balaban J connectivity index is 1.60. The van der Waals surface area contributed by atoms with Crippen LogP contribution < -0.4 is 10.9 Å². The quantitative estimate of drug-likeness (QED) is 0.452. The lowest BCUT2D eigenvalue weighted by molar-refractivity contribution is -0.120. The first-order valence-corrected chi connectivity index (χ1v) is 8.88. The van der Waals surface area contributed by atoms with Crippen molar-refractivity contribution in [2.24, 2.45) is 0 Å². The lowest BCUT2D eigenvalue weighted by atomic mass is 10.3. The Hall–Kier alpha value is -2.59. The van der Waals surface area contributed by atoms with E-state index in [1.54, 1.807) is 11.3 Å². The van der Waals surface area contributed by atoms with Crippen LogP contribution in [0.3, 0.4) is 0 Å². The van der Waals surface area contributed by atoms with Crippen LogP contribution in [0.1, 0.15) is 17.8 Å². The number of rotatable bonds is 6. The maximum atomic E-state index is 12.1. The third-order valence-electron chi connectivity index (χ3n) is 3.36. The van der Waals surface area contributed by atoms with Gasteiger partial charge in [0.2, 0.25) is 11.9 Å². The van der Waals surface area contributed by atoms with Gasteiger partial charge in [0.1, 0.15) is 0 Å². The lowest BCUT2D eigenvalue weighted by Crippen LogP contribution is -2.31. The summed E-state index contributed by atoms with van der Waals surface area (Å²) in [6.07, 6.45) is 0.240. The van der Waals surface area contributed by atoms with Crippen LogP contribution in [0, 0.1) is 18.6 Å². The molecule has 0 spiro atoms. The van der Waals surface area contributed by atoms with E-state index in [4.69, 9.17) is 12.2 Å². The fourth-order valence-electron chi connectivity index (χ4n) is 2.30. The third-order valence-corrected chi connectivity index (χ3v) is 4.54. The zero-order chi connectivity index (χ0) is 17.8. The molecule has 1 amide bonds. The number of anilines is 1. The molecule has 0 fully saturated rings. The molecule has 0 saturated heterocycles. The first kappa shape index (κ1) is 17.2. The van der Waals surface area contributed by atoms with E-state index in [1.165, 1.54) is 0 Å². The highest BCUT2D eigenvalue weighted by Crippen LogP contribution is 2.22. The molecule has 0 unspecified atom stereocenters. The van der Waals surface area contributed by atoms with Gasteiger partial charge in [0.15, 0.2) is 10.6 Å². The Bertz CT molecular complexity index is 910. The summed E-state index contributed by atoms with van der Waals surface area (Å²) in [4.78, 5) is 21.5. The minimum atomic E-state index is -0.192. The van der Waals surface area contributed by atoms with E-state index in [9.17, 15) is 4.79 Å². The summed E-state index contributed by atoms with van der Waals surface area (Å²) < 4.78 is 2.30. The predicted octanol–water partition coefficient (Wildman–Crippen LogP) is 2.61. The van der Waals surface area contributed by atoms with Crippen LogP contribution in [-0.2, 0) is 11.3 Å². The number of H-pyrrole nitrogens is 1. The van der Waals surface area contributed by atoms with Crippen LogP contribution in [0.4, 0.5) is 5.95 Å². The van der Waals surface area contributed by atoms with Crippen LogP contribution in [0.2, 0.25) is 0 Å². The van der Waals surface area contributed by atoms with Crippen LogP contribution >= 0.6 is 23.6 Å². The number of nitrogens with zero attached hydrogens (tertiary/aromatic N) is 4. The number of thiophene rings is 1. The molecule has 0 aliphatic carbocycles. The second kappa shape index (κ2) is 7.53. The van der Waals surface area contributed by atoms with E-state index in [0.717, 1.165) is 22.1 Å². The number of aromatic amines is 1. The van der Waals surface area contributed by atoms with Gasteiger partial charge in [0.05, 0.1) is 4.88 Å². The molecule has 8 nitrogen and oxygen atoms in total. The summed E-state index contributed by atoms with van der Waals surface area (Å²) in [5, 5.41) is 8.98. The minimum absolute atomic E-state index is 0.192. The van der Waals surface area contributed by atoms with Crippen LogP contribution in [0.5, 0.6) is 0 Å². The Labute approximate surface area is 153 Å². The highest BCUT2D eigenvalue weighted by molar-refractivity contribution is 7.71. The topological polar surface area (TPSA) is 101 Å². The van der Waals surface area contributed by atoms with E-state index >= 15 is 0 Å². The van der Waals surface area contributed by atoms with Gasteiger partial charge < -0.3 is 0 Å². The smallest absolute Gasteiger partial charge is 0.242 e. The molecule has 0 aliphatic heterocycles. The molecular weight excluding hydrogens is 358 g/mol. The molecule has 3 aromatic rings. The van der Waals surface area contributed by atoms with E-state index in [0.29, 0.717) is 17.3 Å². The van der Waals surface area contributed by atoms with Gasteiger partial charge in [-0.3, -0.25) is 25.3 Å². The van der Waals surface area contributed by atoms with Crippen molar-refractivity contribution in [3.63, 3.8) is 0 Å². The molecule has 3 N–H and O–H groups in total. The first-order valence-electron chi connectivity index (χ1n) is 7.59. The fourth-order valence-corrected chi connectivity index (χ4v) is 3.25. The normalized spacial score (nSPS) is 10.6. The Morgan fingerprint density at radius 1 is 1.36 bits per heavy atom. The van der Waals surface area contributed by atoms with Crippen molar-refractivity contribution in [2.75, 3.05) is 5.43 Å². The van der Waals surface area contributed by atoms with Crippen molar-refractivity contribution in [1.82, 2.24) is 30.2 Å². The van der Waals surface area contributed by atoms with Gasteiger partial charge in [-0.25, -0.2) is 9.97 Å².